The molecule has 36 heavy (non-hydrogen) atoms. The van der Waals surface area contributed by atoms with Crippen LogP contribution >= 0.6 is 11.6 Å². The summed E-state index contributed by atoms with van der Waals surface area (Å²) in [6, 6.07) is 13.4. The largest absolute Gasteiger partial charge is 0.494 e. The van der Waals surface area contributed by atoms with Crippen molar-refractivity contribution >= 4 is 40.6 Å². The Kier molecular flexibility index (Phi) is 8.62. The number of aryl methyl sites for hydroxylation is 1. The number of H-pyrrole nitrogens is 1. The Morgan fingerprint density at radius 2 is 1.75 bits per heavy atom. The average Bonchev–Trinajstić information content (AvgIpc) is 3.49. The third-order valence-corrected chi connectivity index (χ3v) is 6.13. The van der Waals surface area contributed by atoms with Crippen LogP contribution in [0.15, 0.2) is 48.5 Å². The number of tetrazole rings is 1. The SMILES string of the molecule is O=C1CN(c2ccc(Cl)cc2)C(=O)C1C(=O)Nc1ccc(OCCCCCCCc2nn[nH]n2)cc1. The number of Topliss-reactive ketones (excluding diaryl/α,β-unsaturated/α-hetero) is 1. The number of aromatic nitrogens is 4. The highest BCUT2D eigenvalue weighted by Gasteiger charge is 2.44. The Bertz CT molecular complexity index is 1170. The first-order valence-corrected chi connectivity index (χ1v) is 12.2. The summed E-state index contributed by atoms with van der Waals surface area (Å²) in [5, 5.41) is 17.0. The molecule has 188 valence electrons. The molecule has 1 unspecified atom stereocenters. The number of hydrogen-bond donors (Lipinski definition) is 2. The maximum Gasteiger partial charge on any atom is 0.247 e. The van der Waals surface area contributed by atoms with Gasteiger partial charge < -0.3 is 15.0 Å². The van der Waals surface area contributed by atoms with E-state index in [0.29, 0.717) is 28.8 Å². The van der Waals surface area contributed by atoms with Crippen molar-refractivity contribution in [1.82, 2.24) is 20.6 Å². The molecule has 2 N–H and O–H groups in total. The lowest BCUT2D eigenvalue weighted by Crippen LogP contribution is -2.34. The van der Waals surface area contributed by atoms with E-state index in [1.807, 2.05) is 0 Å². The fourth-order valence-corrected chi connectivity index (χ4v) is 4.09. The molecule has 3 aromatic rings. The van der Waals surface area contributed by atoms with E-state index in [4.69, 9.17) is 16.3 Å². The molecular formula is C25H27ClN6O4. The van der Waals surface area contributed by atoms with Crippen LogP contribution in [0.4, 0.5) is 11.4 Å². The fraction of sp³-hybridized carbons (Fsp3) is 0.360. The molecule has 0 bridgehead atoms. The molecule has 0 spiro atoms. The monoisotopic (exact) mass is 510 g/mol. The van der Waals surface area contributed by atoms with Crippen molar-refractivity contribution in [2.24, 2.45) is 5.92 Å². The zero-order valence-corrected chi connectivity index (χ0v) is 20.4. The molecule has 10 nitrogen and oxygen atoms in total. The first-order valence-electron chi connectivity index (χ1n) is 11.9. The van der Waals surface area contributed by atoms with Gasteiger partial charge in [-0.3, -0.25) is 14.4 Å². The molecule has 1 saturated heterocycles. The highest BCUT2D eigenvalue weighted by molar-refractivity contribution is 6.31. The van der Waals surface area contributed by atoms with Gasteiger partial charge in [-0.1, -0.05) is 36.1 Å². The van der Waals surface area contributed by atoms with Gasteiger partial charge in [0.05, 0.1) is 13.2 Å². The third-order valence-electron chi connectivity index (χ3n) is 5.87. The Morgan fingerprint density at radius 3 is 2.47 bits per heavy atom. The first-order chi connectivity index (χ1) is 17.5. The predicted octanol–water partition coefficient (Wildman–Crippen LogP) is 3.60. The predicted molar refractivity (Wildman–Crippen MR) is 134 cm³/mol. The summed E-state index contributed by atoms with van der Waals surface area (Å²) in [4.78, 5) is 39.2. The molecule has 2 amide bonds. The second-order valence-corrected chi connectivity index (χ2v) is 8.94. The van der Waals surface area contributed by atoms with Crippen LogP contribution < -0.4 is 15.0 Å². The van der Waals surface area contributed by atoms with E-state index in [9.17, 15) is 14.4 Å². The summed E-state index contributed by atoms with van der Waals surface area (Å²) in [5.74, 6) is -1.57. The van der Waals surface area contributed by atoms with Crippen LogP contribution in [0.2, 0.25) is 5.02 Å². The van der Waals surface area contributed by atoms with Gasteiger partial charge in [0.1, 0.15) is 5.75 Å². The summed E-state index contributed by atoms with van der Waals surface area (Å²) in [7, 11) is 0. The quantitative estimate of drug-likeness (QED) is 0.281. The number of aromatic amines is 1. The number of hydrogen-bond acceptors (Lipinski definition) is 7. The van der Waals surface area contributed by atoms with Crippen molar-refractivity contribution in [3.8, 4) is 5.75 Å². The number of benzene rings is 2. The van der Waals surface area contributed by atoms with Gasteiger partial charge in [-0.15, -0.1) is 10.2 Å². The smallest absolute Gasteiger partial charge is 0.247 e. The molecule has 1 aliphatic rings. The number of unbranched alkanes of at least 4 members (excludes halogenated alkanes) is 4. The van der Waals surface area contributed by atoms with Crippen molar-refractivity contribution in [3.63, 3.8) is 0 Å². The Morgan fingerprint density at radius 1 is 1.03 bits per heavy atom. The van der Waals surface area contributed by atoms with E-state index in [1.54, 1.807) is 48.5 Å². The van der Waals surface area contributed by atoms with E-state index in [0.717, 1.165) is 44.3 Å². The van der Waals surface area contributed by atoms with Gasteiger partial charge in [0.2, 0.25) is 11.8 Å². The van der Waals surface area contributed by atoms with E-state index in [2.05, 4.69) is 25.9 Å². The third kappa shape index (κ3) is 6.66. The highest BCUT2D eigenvalue weighted by atomic mass is 35.5. The Labute approximate surface area is 213 Å². The van der Waals surface area contributed by atoms with Crippen molar-refractivity contribution in [2.75, 3.05) is 23.4 Å². The second kappa shape index (κ2) is 12.3. The van der Waals surface area contributed by atoms with Crippen molar-refractivity contribution < 1.29 is 19.1 Å². The van der Waals surface area contributed by atoms with Crippen molar-refractivity contribution in [1.29, 1.82) is 0 Å². The van der Waals surface area contributed by atoms with Crippen LogP contribution in [-0.2, 0) is 20.8 Å². The normalized spacial score (nSPS) is 15.4. The maximum atomic E-state index is 12.8. The minimum absolute atomic E-state index is 0.149. The highest BCUT2D eigenvalue weighted by Crippen LogP contribution is 2.26. The molecule has 2 heterocycles. The summed E-state index contributed by atoms with van der Waals surface area (Å²) in [6.07, 6.45) is 6.09. The number of halogens is 1. The van der Waals surface area contributed by atoms with E-state index in [1.165, 1.54) is 4.90 Å². The average molecular weight is 511 g/mol. The molecule has 4 rings (SSSR count). The minimum atomic E-state index is -1.37. The van der Waals surface area contributed by atoms with Crippen LogP contribution in [0.1, 0.15) is 37.9 Å². The second-order valence-electron chi connectivity index (χ2n) is 8.51. The number of ketones is 1. The molecule has 2 aromatic carbocycles. The lowest BCUT2D eigenvalue weighted by atomic mass is 10.1. The van der Waals surface area contributed by atoms with Crippen LogP contribution in [0.25, 0.3) is 0 Å². The lowest BCUT2D eigenvalue weighted by Gasteiger charge is -2.15. The Balaban J connectivity index is 1.17. The molecule has 0 radical (unpaired) electrons. The van der Waals surface area contributed by atoms with Crippen LogP contribution in [0.5, 0.6) is 5.75 Å². The van der Waals surface area contributed by atoms with E-state index >= 15 is 0 Å². The Hall–Kier alpha value is -3.79. The molecule has 1 fully saturated rings. The van der Waals surface area contributed by atoms with Crippen LogP contribution in [0.3, 0.4) is 0 Å². The van der Waals surface area contributed by atoms with Gasteiger partial charge in [0.25, 0.3) is 0 Å². The maximum absolute atomic E-state index is 12.8. The zero-order valence-electron chi connectivity index (χ0n) is 19.7. The molecule has 1 aromatic heterocycles. The van der Waals surface area contributed by atoms with Gasteiger partial charge >= 0.3 is 0 Å². The number of amides is 2. The molecule has 0 aliphatic carbocycles. The topological polar surface area (TPSA) is 130 Å². The molecule has 1 atom stereocenters. The van der Waals surface area contributed by atoms with Gasteiger partial charge in [0.15, 0.2) is 17.5 Å². The fourth-order valence-electron chi connectivity index (χ4n) is 3.96. The van der Waals surface area contributed by atoms with E-state index < -0.39 is 23.5 Å². The molecule has 11 heteroatoms. The number of nitrogens with zero attached hydrogens (tertiary/aromatic N) is 4. The number of carbonyl (C=O) groups excluding carboxylic acids is 3. The van der Waals surface area contributed by atoms with Gasteiger partial charge in [-0.25, -0.2) is 0 Å². The minimum Gasteiger partial charge on any atom is -0.494 e. The van der Waals surface area contributed by atoms with Crippen molar-refractivity contribution in [3.05, 3.63) is 59.4 Å². The van der Waals surface area contributed by atoms with Crippen molar-refractivity contribution in [2.45, 2.75) is 38.5 Å². The summed E-state index contributed by atoms with van der Waals surface area (Å²) >= 11 is 5.89. The number of anilines is 2. The van der Waals surface area contributed by atoms with Gasteiger partial charge in [-0.2, -0.15) is 5.21 Å². The number of nitrogens with one attached hydrogen (secondary N) is 2. The zero-order chi connectivity index (χ0) is 25.3. The first kappa shape index (κ1) is 25.3. The number of ether oxygens (including phenoxy) is 1. The van der Waals surface area contributed by atoms with E-state index in [-0.39, 0.29) is 6.54 Å². The summed E-state index contributed by atoms with van der Waals surface area (Å²) < 4.78 is 5.77. The summed E-state index contributed by atoms with van der Waals surface area (Å²) in [5.41, 5.74) is 1.01. The summed E-state index contributed by atoms with van der Waals surface area (Å²) in [6.45, 7) is 0.451. The van der Waals surface area contributed by atoms with Gasteiger partial charge in [0, 0.05) is 22.8 Å². The van der Waals surface area contributed by atoms with Crippen LogP contribution in [-0.4, -0.2) is 51.4 Å². The molecule has 0 saturated carbocycles. The molecule has 1 aliphatic heterocycles. The van der Waals surface area contributed by atoms with Gasteiger partial charge in [-0.05, 0) is 61.4 Å². The standard InChI is InChI=1S/C25H27ClN6O4/c26-17-7-11-19(12-8-17)32-16-21(33)23(25(32)35)24(34)27-18-9-13-20(14-10-18)36-15-5-3-1-2-4-6-22-28-30-31-29-22/h7-14,23H,1-6,15-16H2,(H,27,34)(H,28,29,30,31). The number of rotatable bonds is 12. The number of carbonyl (C=O) groups is 3. The molecular weight excluding hydrogens is 484 g/mol. The van der Waals surface area contributed by atoms with Crippen LogP contribution in [0, 0.1) is 5.92 Å². The lowest BCUT2D eigenvalue weighted by molar-refractivity contribution is -0.134.